The maximum absolute atomic E-state index is 12.8. The largest absolute Gasteiger partial charge is 0.480 e. The maximum Gasteiger partial charge on any atom is 0.417 e. The molecule has 0 bridgehead atoms. The molecule has 0 amide bonds. The highest BCUT2D eigenvalue weighted by atomic mass is 32.2. The fourth-order valence-corrected chi connectivity index (χ4v) is 2.19. The zero-order chi connectivity index (χ0) is 14.8. The summed E-state index contributed by atoms with van der Waals surface area (Å²) in [5.74, 6) is -1.19. The van der Waals surface area contributed by atoms with Gasteiger partial charge in [-0.2, -0.15) is 18.4 Å². The number of hydrogen-bond donors (Lipinski definition) is 1. The first kappa shape index (κ1) is 15.3. The van der Waals surface area contributed by atoms with Crippen molar-refractivity contribution >= 4 is 17.7 Å². The molecule has 8 heteroatoms. The molecule has 1 rings (SSSR count). The summed E-state index contributed by atoms with van der Waals surface area (Å²) in [7, 11) is 0. The Morgan fingerprint density at radius 1 is 1.58 bits per heavy atom. The van der Waals surface area contributed by atoms with E-state index in [0.29, 0.717) is 11.8 Å². The van der Waals surface area contributed by atoms with E-state index in [2.05, 4.69) is 4.98 Å². The Balaban J connectivity index is 3.37. The summed E-state index contributed by atoms with van der Waals surface area (Å²) in [4.78, 5) is 14.5. The van der Waals surface area contributed by atoms with Crippen molar-refractivity contribution in [3.63, 3.8) is 0 Å². The first-order valence-electron chi connectivity index (χ1n) is 5.05. The van der Waals surface area contributed by atoms with Crippen molar-refractivity contribution < 1.29 is 23.1 Å². The van der Waals surface area contributed by atoms with E-state index in [0.717, 1.165) is 6.07 Å². The number of aliphatic carboxylic acids is 1. The maximum atomic E-state index is 12.8. The Bertz CT molecular complexity index is 552. The molecule has 102 valence electrons. The second-order valence-electron chi connectivity index (χ2n) is 3.70. The Morgan fingerprint density at radius 2 is 2.16 bits per heavy atom. The molecule has 0 aliphatic carbocycles. The number of aromatic nitrogens is 1. The predicted octanol–water partition coefficient (Wildman–Crippen LogP) is 2.85. The lowest BCUT2D eigenvalue weighted by Gasteiger charge is -2.13. The van der Waals surface area contributed by atoms with E-state index in [1.54, 1.807) is 0 Å². The highest BCUT2D eigenvalue weighted by Gasteiger charge is 2.36. The number of nitriles is 1. The molecule has 19 heavy (non-hydrogen) atoms. The smallest absolute Gasteiger partial charge is 0.417 e. The third-order valence-corrected chi connectivity index (χ3v) is 3.24. The van der Waals surface area contributed by atoms with E-state index in [1.165, 1.54) is 19.9 Å². The number of thioether (sulfide) groups is 1. The van der Waals surface area contributed by atoms with Crippen molar-refractivity contribution in [2.75, 3.05) is 0 Å². The van der Waals surface area contributed by atoms with Crippen molar-refractivity contribution in [2.45, 2.75) is 30.3 Å². The van der Waals surface area contributed by atoms with Gasteiger partial charge in [-0.15, -0.1) is 0 Å². The second-order valence-corrected chi connectivity index (χ2v) is 5.03. The van der Waals surface area contributed by atoms with Crippen LogP contribution in [0.3, 0.4) is 0 Å². The topological polar surface area (TPSA) is 74.0 Å². The molecule has 0 saturated heterocycles. The Morgan fingerprint density at radius 3 is 2.58 bits per heavy atom. The molecule has 1 heterocycles. The van der Waals surface area contributed by atoms with Gasteiger partial charge in [-0.25, -0.2) is 4.98 Å². The minimum atomic E-state index is -4.68. The van der Waals surface area contributed by atoms with Crippen LogP contribution in [0.4, 0.5) is 13.2 Å². The quantitative estimate of drug-likeness (QED) is 0.866. The molecule has 0 aliphatic rings. The fraction of sp³-hybridized carbons (Fsp3) is 0.364. The third kappa shape index (κ3) is 3.61. The van der Waals surface area contributed by atoms with Gasteiger partial charge in [0.25, 0.3) is 0 Å². The highest BCUT2D eigenvalue weighted by molar-refractivity contribution is 8.00. The summed E-state index contributed by atoms with van der Waals surface area (Å²) in [6.45, 7) is 2.66. The first-order valence-corrected chi connectivity index (χ1v) is 5.93. The van der Waals surface area contributed by atoms with Crippen molar-refractivity contribution in [1.29, 1.82) is 5.26 Å². The number of pyridine rings is 1. The molecule has 0 fully saturated rings. The van der Waals surface area contributed by atoms with E-state index < -0.39 is 28.5 Å². The van der Waals surface area contributed by atoms with Gasteiger partial charge in [0.05, 0.1) is 11.1 Å². The van der Waals surface area contributed by atoms with E-state index in [4.69, 9.17) is 10.4 Å². The van der Waals surface area contributed by atoms with Gasteiger partial charge in [0.2, 0.25) is 0 Å². The SMILES string of the molecule is Cc1cc(C(F)(F)F)c(C#N)c(SC(C)C(=O)O)n1. The average molecular weight is 290 g/mol. The van der Waals surface area contributed by atoms with E-state index in [9.17, 15) is 18.0 Å². The summed E-state index contributed by atoms with van der Waals surface area (Å²) in [6, 6.07) is 2.22. The van der Waals surface area contributed by atoms with Crippen LogP contribution in [0.25, 0.3) is 0 Å². The van der Waals surface area contributed by atoms with E-state index in [1.807, 2.05) is 0 Å². The summed E-state index contributed by atoms with van der Waals surface area (Å²) in [5, 5.41) is 16.4. The Hall–Kier alpha value is -1.75. The van der Waals surface area contributed by atoms with Gasteiger partial charge in [-0.05, 0) is 19.9 Å². The van der Waals surface area contributed by atoms with Crippen LogP contribution >= 0.6 is 11.8 Å². The van der Waals surface area contributed by atoms with Crippen LogP contribution in [-0.4, -0.2) is 21.3 Å². The van der Waals surface area contributed by atoms with Gasteiger partial charge in [0, 0.05) is 5.69 Å². The van der Waals surface area contributed by atoms with Crippen LogP contribution in [0.2, 0.25) is 0 Å². The Labute approximate surface area is 111 Å². The van der Waals surface area contributed by atoms with Crippen LogP contribution in [0, 0.1) is 18.3 Å². The lowest BCUT2D eigenvalue weighted by atomic mass is 10.1. The Kier molecular flexibility index (Phi) is 4.42. The van der Waals surface area contributed by atoms with Crippen molar-refractivity contribution in [3.05, 3.63) is 22.9 Å². The van der Waals surface area contributed by atoms with Crippen LogP contribution in [0.5, 0.6) is 0 Å². The minimum Gasteiger partial charge on any atom is -0.480 e. The number of carboxylic acids is 1. The number of alkyl halides is 3. The lowest BCUT2D eigenvalue weighted by Crippen LogP contribution is -2.14. The monoisotopic (exact) mass is 290 g/mol. The predicted molar refractivity (Wildman–Crippen MR) is 61.6 cm³/mol. The molecule has 0 aliphatic heterocycles. The third-order valence-electron chi connectivity index (χ3n) is 2.17. The second kappa shape index (κ2) is 5.48. The number of halogens is 3. The van der Waals surface area contributed by atoms with Gasteiger partial charge in [0.1, 0.15) is 16.3 Å². The molecule has 1 aromatic rings. The lowest BCUT2D eigenvalue weighted by molar-refractivity contribution is -0.138. The molecule has 1 unspecified atom stereocenters. The zero-order valence-electron chi connectivity index (χ0n) is 9.95. The molecule has 0 aromatic carbocycles. The molecule has 4 nitrogen and oxygen atoms in total. The van der Waals surface area contributed by atoms with Crippen LogP contribution in [0.15, 0.2) is 11.1 Å². The van der Waals surface area contributed by atoms with Crippen molar-refractivity contribution in [1.82, 2.24) is 4.98 Å². The van der Waals surface area contributed by atoms with Gasteiger partial charge in [-0.3, -0.25) is 4.79 Å². The standard InChI is InChI=1S/C11H9F3N2O2S/c1-5-3-8(11(12,13)14)7(4-15)9(16-5)19-6(2)10(17)18/h3,6H,1-2H3,(H,17,18). The molecule has 0 saturated carbocycles. The summed E-state index contributed by atoms with van der Waals surface area (Å²) >= 11 is 0.614. The van der Waals surface area contributed by atoms with Crippen LogP contribution in [-0.2, 0) is 11.0 Å². The van der Waals surface area contributed by atoms with Gasteiger partial charge < -0.3 is 5.11 Å². The van der Waals surface area contributed by atoms with E-state index in [-0.39, 0.29) is 10.7 Å². The van der Waals surface area contributed by atoms with Gasteiger partial charge in [-0.1, -0.05) is 11.8 Å². The molecular weight excluding hydrogens is 281 g/mol. The first-order chi connectivity index (χ1) is 8.66. The molecule has 0 radical (unpaired) electrons. The van der Waals surface area contributed by atoms with Gasteiger partial charge >= 0.3 is 12.1 Å². The number of rotatable bonds is 3. The number of carbonyl (C=O) groups is 1. The van der Waals surface area contributed by atoms with Gasteiger partial charge in [0.15, 0.2) is 0 Å². The number of nitrogens with zero attached hydrogens (tertiary/aromatic N) is 2. The molecular formula is C11H9F3N2O2S. The number of carboxylic acid groups (broad SMARTS) is 1. The number of hydrogen-bond acceptors (Lipinski definition) is 4. The normalized spacial score (nSPS) is 12.8. The minimum absolute atomic E-state index is 0.0754. The molecule has 1 atom stereocenters. The van der Waals surface area contributed by atoms with Crippen LogP contribution < -0.4 is 0 Å². The zero-order valence-corrected chi connectivity index (χ0v) is 10.8. The fourth-order valence-electron chi connectivity index (χ4n) is 1.28. The molecule has 0 spiro atoms. The molecule has 1 aromatic heterocycles. The van der Waals surface area contributed by atoms with Crippen molar-refractivity contribution in [2.24, 2.45) is 0 Å². The summed E-state index contributed by atoms with van der Waals surface area (Å²) in [6.07, 6.45) is -4.68. The number of aryl methyl sites for hydroxylation is 1. The average Bonchev–Trinajstić information content (AvgIpc) is 2.26. The van der Waals surface area contributed by atoms with E-state index >= 15 is 0 Å². The molecule has 1 N–H and O–H groups in total. The highest BCUT2D eigenvalue weighted by Crippen LogP contribution is 2.36. The van der Waals surface area contributed by atoms with Crippen LogP contribution in [0.1, 0.15) is 23.7 Å². The summed E-state index contributed by atoms with van der Waals surface area (Å²) in [5.41, 5.74) is -1.66. The summed E-state index contributed by atoms with van der Waals surface area (Å²) < 4.78 is 38.4. The van der Waals surface area contributed by atoms with Crippen molar-refractivity contribution in [3.8, 4) is 6.07 Å².